The third-order valence-corrected chi connectivity index (χ3v) is 5.88. The number of benzene rings is 2. The Kier molecular flexibility index (Phi) is 5.07. The van der Waals surface area contributed by atoms with E-state index in [0.717, 1.165) is 51.2 Å². The van der Waals surface area contributed by atoms with Crippen molar-refractivity contribution < 1.29 is 0 Å². The fourth-order valence-electron chi connectivity index (χ4n) is 3.75. The van der Waals surface area contributed by atoms with Gasteiger partial charge in [0.05, 0.1) is 11.2 Å². The molecule has 7 heteroatoms. The zero-order chi connectivity index (χ0) is 22.2. The molecular formula is C25H21ClN6. The van der Waals surface area contributed by atoms with Crippen molar-refractivity contribution in [2.24, 2.45) is 0 Å². The summed E-state index contributed by atoms with van der Waals surface area (Å²) in [4.78, 5) is 11.5. The van der Waals surface area contributed by atoms with Crippen molar-refractivity contribution in [1.29, 1.82) is 0 Å². The van der Waals surface area contributed by atoms with Gasteiger partial charge in [-0.05, 0) is 54.0 Å². The number of rotatable bonds is 5. The van der Waals surface area contributed by atoms with Crippen LogP contribution in [0, 0.1) is 0 Å². The lowest BCUT2D eigenvalue weighted by Gasteiger charge is -2.21. The Morgan fingerprint density at radius 1 is 1.12 bits per heavy atom. The highest BCUT2D eigenvalue weighted by molar-refractivity contribution is 6.31. The van der Waals surface area contributed by atoms with Crippen LogP contribution in [0.15, 0.2) is 73.7 Å². The van der Waals surface area contributed by atoms with E-state index in [9.17, 15) is 0 Å². The first-order valence-corrected chi connectivity index (χ1v) is 10.7. The van der Waals surface area contributed by atoms with Gasteiger partial charge in [-0.2, -0.15) is 4.98 Å². The molecule has 0 bridgehead atoms. The molecule has 0 unspecified atom stereocenters. The van der Waals surface area contributed by atoms with Crippen molar-refractivity contribution >= 4 is 45.4 Å². The molecule has 3 heterocycles. The average Bonchev–Trinajstić information content (AvgIpc) is 3.32. The van der Waals surface area contributed by atoms with Gasteiger partial charge in [0.2, 0.25) is 0 Å². The summed E-state index contributed by atoms with van der Waals surface area (Å²) in [5.74, 6) is 1.29. The third kappa shape index (κ3) is 3.48. The number of allylic oxidation sites excluding steroid dienone is 1. The van der Waals surface area contributed by atoms with E-state index < -0.39 is 0 Å². The standard InChI is InChI=1S/C25H21ClN6/c1-4-16(2)18-8-11-22(27-14-18)17-6-5-7-20(12-17)31(3)24-21-10-9-19(26)13-23(21)32-15-28-30-25(32)29-24/h5-15H,2,4H2,1,3H3. The third-order valence-electron chi connectivity index (χ3n) is 5.64. The molecule has 0 atom stereocenters. The van der Waals surface area contributed by atoms with Crippen molar-refractivity contribution in [1.82, 2.24) is 24.6 Å². The van der Waals surface area contributed by atoms with Crippen molar-refractivity contribution in [3.05, 3.63) is 84.3 Å². The SMILES string of the molecule is C=C(CC)c1ccc(-c2cccc(N(C)c3nc4nncn4c4cc(Cl)ccc34)c2)nc1. The number of pyridine rings is 1. The van der Waals surface area contributed by atoms with Gasteiger partial charge >= 0.3 is 0 Å². The average molecular weight is 441 g/mol. The maximum Gasteiger partial charge on any atom is 0.257 e. The van der Waals surface area contributed by atoms with E-state index in [-0.39, 0.29) is 0 Å². The maximum absolute atomic E-state index is 6.26. The van der Waals surface area contributed by atoms with Gasteiger partial charge in [0.25, 0.3) is 5.78 Å². The summed E-state index contributed by atoms with van der Waals surface area (Å²) in [6, 6.07) is 18.1. The van der Waals surface area contributed by atoms with Crippen LogP contribution < -0.4 is 4.90 Å². The van der Waals surface area contributed by atoms with Crippen molar-refractivity contribution in [3.63, 3.8) is 0 Å². The Morgan fingerprint density at radius 2 is 2.00 bits per heavy atom. The molecule has 3 aromatic heterocycles. The molecule has 5 aromatic rings. The van der Waals surface area contributed by atoms with E-state index in [1.807, 2.05) is 58.9 Å². The highest BCUT2D eigenvalue weighted by atomic mass is 35.5. The summed E-state index contributed by atoms with van der Waals surface area (Å²) >= 11 is 6.26. The Hall–Kier alpha value is -3.77. The van der Waals surface area contributed by atoms with E-state index in [1.165, 1.54) is 0 Å². The van der Waals surface area contributed by atoms with Crippen LogP contribution in [0.4, 0.5) is 11.5 Å². The Balaban J connectivity index is 1.57. The summed E-state index contributed by atoms with van der Waals surface area (Å²) in [6.45, 7) is 6.19. The highest BCUT2D eigenvalue weighted by Crippen LogP contribution is 2.33. The second kappa shape index (κ2) is 8.05. The fourth-order valence-corrected chi connectivity index (χ4v) is 3.92. The van der Waals surface area contributed by atoms with Gasteiger partial charge in [-0.3, -0.25) is 9.38 Å². The molecule has 5 rings (SSSR count). The molecule has 0 amide bonds. The van der Waals surface area contributed by atoms with Gasteiger partial charge in [0, 0.05) is 34.9 Å². The second-order valence-corrected chi connectivity index (χ2v) is 8.03. The van der Waals surface area contributed by atoms with E-state index in [0.29, 0.717) is 10.8 Å². The summed E-state index contributed by atoms with van der Waals surface area (Å²) in [5, 5.41) is 9.75. The van der Waals surface area contributed by atoms with Crippen LogP contribution in [-0.2, 0) is 0 Å². The number of hydrogen-bond acceptors (Lipinski definition) is 5. The molecule has 0 saturated carbocycles. The highest BCUT2D eigenvalue weighted by Gasteiger charge is 2.15. The zero-order valence-corrected chi connectivity index (χ0v) is 18.6. The van der Waals surface area contributed by atoms with Crippen LogP contribution in [0.1, 0.15) is 18.9 Å². The van der Waals surface area contributed by atoms with Crippen LogP contribution in [0.2, 0.25) is 5.02 Å². The van der Waals surface area contributed by atoms with Crippen molar-refractivity contribution in [2.45, 2.75) is 13.3 Å². The molecule has 0 fully saturated rings. The predicted octanol–water partition coefficient (Wildman–Crippen LogP) is 6.18. The minimum Gasteiger partial charge on any atom is -0.329 e. The van der Waals surface area contributed by atoms with Crippen molar-refractivity contribution in [3.8, 4) is 11.3 Å². The summed E-state index contributed by atoms with van der Waals surface area (Å²) in [5.41, 5.74) is 5.97. The minimum atomic E-state index is 0.520. The first kappa shape index (κ1) is 20.2. The predicted molar refractivity (Wildman–Crippen MR) is 130 cm³/mol. The van der Waals surface area contributed by atoms with Gasteiger partial charge in [-0.25, -0.2) is 0 Å². The van der Waals surface area contributed by atoms with Crippen molar-refractivity contribution in [2.75, 3.05) is 11.9 Å². The second-order valence-electron chi connectivity index (χ2n) is 7.60. The lowest BCUT2D eigenvalue weighted by atomic mass is 10.1. The first-order valence-electron chi connectivity index (χ1n) is 10.3. The lowest BCUT2D eigenvalue weighted by molar-refractivity contribution is 1.08. The topological polar surface area (TPSA) is 59.2 Å². The van der Waals surface area contributed by atoms with Crippen LogP contribution in [0.25, 0.3) is 33.5 Å². The van der Waals surface area contributed by atoms with Gasteiger partial charge in [-0.1, -0.05) is 43.3 Å². The van der Waals surface area contributed by atoms with Crippen LogP contribution in [0.3, 0.4) is 0 Å². The summed E-state index contributed by atoms with van der Waals surface area (Å²) in [7, 11) is 1.99. The smallest absolute Gasteiger partial charge is 0.257 e. The molecule has 0 aliphatic heterocycles. The molecule has 0 aliphatic carbocycles. The molecular weight excluding hydrogens is 420 g/mol. The zero-order valence-electron chi connectivity index (χ0n) is 17.8. The van der Waals surface area contributed by atoms with E-state index in [4.69, 9.17) is 16.6 Å². The van der Waals surface area contributed by atoms with Gasteiger partial charge < -0.3 is 4.90 Å². The number of anilines is 2. The van der Waals surface area contributed by atoms with Crippen LogP contribution >= 0.6 is 11.6 Å². The molecule has 2 aromatic carbocycles. The molecule has 6 nitrogen and oxygen atoms in total. The van der Waals surface area contributed by atoms with Crippen LogP contribution in [0.5, 0.6) is 0 Å². The fraction of sp³-hybridized carbons (Fsp3) is 0.120. The maximum atomic E-state index is 6.26. The number of hydrogen-bond donors (Lipinski definition) is 0. The molecule has 158 valence electrons. The number of halogens is 1. The van der Waals surface area contributed by atoms with E-state index in [1.54, 1.807) is 6.33 Å². The van der Waals surface area contributed by atoms with E-state index >= 15 is 0 Å². The largest absolute Gasteiger partial charge is 0.329 e. The molecule has 0 aliphatic rings. The molecule has 0 radical (unpaired) electrons. The van der Waals surface area contributed by atoms with Gasteiger partial charge in [0.15, 0.2) is 0 Å². The minimum absolute atomic E-state index is 0.520. The molecule has 0 spiro atoms. The lowest BCUT2D eigenvalue weighted by Crippen LogP contribution is -2.13. The monoisotopic (exact) mass is 440 g/mol. The van der Waals surface area contributed by atoms with E-state index in [2.05, 4.69) is 46.9 Å². The quantitative estimate of drug-likeness (QED) is 0.326. The Morgan fingerprint density at radius 3 is 2.78 bits per heavy atom. The first-order chi connectivity index (χ1) is 15.5. The Labute approximate surface area is 190 Å². The molecule has 32 heavy (non-hydrogen) atoms. The molecule has 0 N–H and O–H groups in total. The Bertz CT molecular complexity index is 1460. The number of nitrogens with zero attached hydrogens (tertiary/aromatic N) is 6. The number of fused-ring (bicyclic) bond motifs is 3. The van der Waals surface area contributed by atoms with Gasteiger partial charge in [0.1, 0.15) is 12.1 Å². The normalized spacial score (nSPS) is 11.2. The molecule has 0 saturated heterocycles. The summed E-state index contributed by atoms with van der Waals surface area (Å²) < 4.78 is 1.84. The van der Waals surface area contributed by atoms with Gasteiger partial charge in [-0.15, -0.1) is 10.2 Å². The summed E-state index contributed by atoms with van der Waals surface area (Å²) in [6.07, 6.45) is 4.44. The van der Waals surface area contributed by atoms with Crippen LogP contribution in [-0.4, -0.2) is 31.6 Å². The number of aromatic nitrogens is 5.